The van der Waals surface area contributed by atoms with Crippen LogP contribution in [0.5, 0.6) is 5.75 Å². The third-order valence-corrected chi connectivity index (χ3v) is 8.56. The van der Waals surface area contributed by atoms with Crippen LogP contribution in [0.15, 0.2) is 24.3 Å². The van der Waals surface area contributed by atoms with E-state index in [4.69, 9.17) is 13.8 Å². The van der Waals surface area contributed by atoms with E-state index >= 15 is 0 Å². The Morgan fingerprint density at radius 3 is 1.88 bits per heavy atom. The summed E-state index contributed by atoms with van der Waals surface area (Å²) in [6, 6.07) is 7.94. The van der Waals surface area contributed by atoms with Gasteiger partial charge in [0.25, 0.3) is 0 Å². The predicted molar refractivity (Wildman–Crippen MR) is 174 cm³/mol. The maximum Gasteiger partial charge on any atom is 0.472 e. The largest absolute Gasteiger partial charge is 0.494 e. The van der Waals surface area contributed by atoms with Gasteiger partial charge >= 0.3 is 7.82 Å². The van der Waals surface area contributed by atoms with Crippen molar-refractivity contribution in [3.8, 4) is 5.75 Å². The van der Waals surface area contributed by atoms with Crippen LogP contribution in [-0.4, -0.2) is 62.7 Å². The van der Waals surface area contributed by atoms with Crippen LogP contribution in [0.1, 0.15) is 122 Å². The summed E-state index contributed by atoms with van der Waals surface area (Å²) in [7, 11) is 2.17. The lowest BCUT2D eigenvalue weighted by Crippen LogP contribution is -2.35. The van der Waals surface area contributed by atoms with Crippen molar-refractivity contribution in [2.24, 2.45) is 5.92 Å². The maximum atomic E-state index is 12.4. The lowest BCUT2D eigenvalue weighted by atomic mass is 9.94. The van der Waals surface area contributed by atoms with Crippen LogP contribution < -0.4 is 4.74 Å². The number of hydrogen-bond donors (Lipinski definition) is 1. The Bertz CT molecular complexity index is 855. The molecule has 1 rings (SSSR count). The van der Waals surface area contributed by atoms with Gasteiger partial charge in [0.1, 0.15) is 11.5 Å². The second-order valence-corrected chi connectivity index (χ2v) is 14.3. The third-order valence-electron chi connectivity index (χ3n) is 7.58. The lowest BCUT2D eigenvalue weighted by Gasteiger charge is -2.23. The van der Waals surface area contributed by atoms with Gasteiger partial charge in [-0.2, -0.15) is 0 Å². The molecular weight excluding hydrogens is 549 g/mol. The Kier molecular flexibility index (Phi) is 21.4. The van der Waals surface area contributed by atoms with Crippen molar-refractivity contribution in [2.75, 3.05) is 47.5 Å². The van der Waals surface area contributed by atoms with Crippen LogP contribution in [0.25, 0.3) is 0 Å². The second kappa shape index (κ2) is 23.2. The first-order valence-electron chi connectivity index (χ1n) is 16.7. The fourth-order valence-corrected chi connectivity index (χ4v) is 5.78. The summed E-state index contributed by atoms with van der Waals surface area (Å²) in [6.45, 7) is 5.95. The SMILES string of the molecule is CCCCCCCCCCCCCCOc1ccc(CC(COP(=O)(O)OCCCC[N+](C)(C)C)CC(=O)CC)cc1. The van der Waals surface area contributed by atoms with Gasteiger partial charge in [-0.25, -0.2) is 4.57 Å². The molecule has 0 fully saturated rings. The first-order chi connectivity index (χ1) is 20.0. The van der Waals surface area contributed by atoms with E-state index in [1.807, 2.05) is 31.2 Å². The Hall–Kier alpha value is -1.24. The average Bonchev–Trinajstić information content (AvgIpc) is 2.94. The minimum absolute atomic E-state index is 0.00436. The van der Waals surface area contributed by atoms with Crippen molar-refractivity contribution < 1.29 is 32.5 Å². The van der Waals surface area contributed by atoms with Crippen LogP contribution in [0.3, 0.4) is 0 Å². The summed E-state index contributed by atoms with van der Waals surface area (Å²) in [5.41, 5.74) is 1.04. The number of ketones is 1. The van der Waals surface area contributed by atoms with E-state index in [-0.39, 0.29) is 24.9 Å². The van der Waals surface area contributed by atoms with Crippen LogP contribution in [0.2, 0.25) is 0 Å². The molecule has 244 valence electrons. The molecule has 0 saturated carbocycles. The molecule has 0 aliphatic carbocycles. The van der Waals surface area contributed by atoms with E-state index < -0.39 is 7.82 Å². The molecule has 1 aromatic carbocycles. The van der Waals surface area contributed by atoms with Gasteiger partial charge in [0.2, 0.25) is 0 Å². The molecule has 0 saturated heterocycles. The number of benzene rings is 1. The van der Waals surface area contributed by atoms with Gasteiger partial charge in [-0.15, -0.1) is 0 Å². The van der Waals surface area contributed by atoms with Crippen molar-refractivity contribution in [1.82, 2.24) is 0 Å². The zero-order chi connectivity index (χ0) is 31.1. The first-order valence-corrected chi connectivity index (χ1v) is 18.2. The predicted octanol–water partition coefficient (Wildman–Crippen LogP) is 8.91. The molecule has 0 bridgehead atoms. The van der Waals surface area contributed by atoms with Gasteiger partial charge in [0.15, 0.2) is 0 Å². The van der Waals surface area contributed by atoms with E-state index in [9.17, 15) is 14.3 Å². The van der Waals surface area contributed by atoms with Crippen LogP contribution in [0, 0.1) is 5.92 Å². The molecule has 8 heteroatoms. The molecule has 0 aromatic heterocycles. The van der Waals surface area contributed by atoms with Gasteiger partial charge in [0.05, 0.1) is 47.5 Å². The van der Waals surface area contributed by atoms with E-state index in [0.29, 0.717) is 25.7 Å². The van der Waals surface area contributed by atoms with Gasteiger partial charge in [-0.05, 0) is 49.3 Å². The summed E-state index contributed by atoms with van der Waals surface area (Å²) < 4.78 is 29.7. The van der Waals surface area contributed by atoms with Crippen molar-refractivity contribution in [2.45, 2.75) is 123 Å². The van der Waals surface area contributed by atoms with E-state index in [0.717, 1.165) is 41.8 Å². The number of phosphoric ester groups is 1. The zero-order valence-corrected chi connectivity index (χ0v) is 28.5. The summed E-state index contributed by atoms with van der Waals surface area (Å²) in [5, 5.41) is 0. The summed E-state index contributed by atoms with van der Waals surface area (Å²) >= 11 is 0. The number of unbranched alkanes of at least 4 members (excludes halogenated alkanes) is 12. The molecule has 0 radical (unpaired) electrons. The second-order valence-electron chi connectivity index (χ2n) is 12.9. The quantitative estimate of drug-likeness (QED) is 0.0578. The highest BCUT2D eigenvalue weighted by Gasteiger charge is 2.24. The molecule has 7 nitrogen and oxygen atoms in total. The topological polar surface area (TPSA) is 82.1 Å². The Labute approximate surface area is 257 Å². The third kappa shape index (κ3) is 22.3. The number of carbonyl (C=O) groups excluding carboxylic acids is 1. The minimum atomic E-state index is -4.16. The molecule has 1 N–H and O–H groups in total. The molecule has 0 amide bonds. The highest BCUT2D eigenvalue weighted by molar-refractivity contribution is 7.47. The number of phosphoric acid groups is 1. The van der Waals surface area contributed by atoms with E-state index in [1.165, 1.54) is 70.6 Å². The summed E-state index contributed by atoms with van der Waals surface area (Å²) in [4.78, 5) is 22.3. The number of rotatable bonds is 28. The highest BCUT2D eigenvalue weighted by atomic mass is 31.2. The average molecular weight is 613 g/mol. The summed E-state index contributed by atoms with van der Waals surface area (Å²) in [6.07, 6.45) is 18.8. The summed E-state index contributed by atoms with van der Waals surface area (Å²) in [5.74, 6) is 0.755. The lowest BCUT2D eigenvalue weighted by molar-refractivity contribution is -0.870. The molecule has 2 atom stereocenters. The Morgan fingerprint density at radius 2 is 1.33 bits per heavy atom. The van der Waals surface area contributed by atoms with E-state index in [2.05, 4.69) is 28.1 Å². The first kappa shape index (κ1) is 38.8. The fraction of sp³-hybridized carbons (Fsp3) is 0.794. The maximum absolute atomic E-state index is 12.4. The van der Waals surface area contributed by atoms with Crippen molar-refractivity contribution in [1.29, 1.82) is 0 Å². The molecule has 2 unspecified atom stereocenters. The van der Waals surface area contributed by atoms with Crippen LogP contribution in [0.4, 0.5) is 0 Å². The molecule has 0 spiro atoms. The molecular formula is C34H63NO6P+. The molecule has 0 heterocycles. The standard InChI is InChI=1S/C34H62NO6P/c1-6-8-9-10-11-12-13-14-15-16-17-19-26-39-34-23-21-31(22-24-34)28-32(29-33(36)7-2)30-41-42(37,38)40-27-20-18-25-35(3,4)5/h21-24,32H,6-20,25-30H2,1-5H3/p+1. The van der Waals surface area contributed by atoms with Gasteiger partial charge in [-0.1, -0.05) is 96.6 Å². The normalized spacial score (nSPS) is 14.0. The number of carbonyl (C=O) groups is 1. The van der Waals surface area contributed by atoms with Crippen molar-refractivity contribution in [3.05, 3.63) is 29.8 Å². The minimum Gasteiger partial charge on any atom is -0.494 e. The zero-order valence-electron chi connectivity index (χ0n) is 27.6. The van der Waals surface area contributed by atoms with Crippen LogP contribution in [-0.2, 0) is 24.8 Å². The number of quaternary nitrogens is 1. The van der Waals surface area contributed by atoms with Gasteiger partial charge < -0.3 is 14.1 Å². The molecule has 42 heavy (non-hydrogen) atoms. The molecule has 0 aliphatic heterocycles. The fourth-order valence-electron chi connectivity index (χ4n) is 4.95. The van der Waals surface area contributed by atoms with E-state index in [1.54, 1.807) is 0 Å². The smallest absolute Gasteiger partial charge is 0.472 e. The number of nitrogens with zero attached hydrogens (tertiary/aromatic N) is 1. The number of hydrogen-bond acceptors (Lipinski definition) is 5. The van der Waals surface area contributed by atoms with Crippen molar-refractivity contribution in [3.63, 3.8) is 0 Å². The Morgan fingerprint density at radius 1 is 0.786 bits per heavy atom. The molecule has 0 aliphatic rings. The van der Waals surface area contributed by atoms with Crippen LogP contribution >= 0.6 is 7.82 Å². The van der Waals surface area contributed by atoms with Gasteiger partial charge in [-0.3, -0.25) is 13.8 Å². The number of Topliss-reactive ketones (excluding diaryl/α,β-unsaturated/α-hetero) is 1. The monoisotopic (exact) mass is 612 g/mol. The number of ether oxygens (including phenoxy) is 1. The molecule has 1 aromatic rings. The highest BCUT2D eigenvalue weighted by Crippen LogP contribution is 2.44. The Balaban J connectivity index is 2.32. The van der Waals surface area contributed by atoms with Gasteiger partial charge in [0, 0.05) is 12.8 Å². The van der Waals surface area contributed by atoms with Crippen molar-refractivity contribution >= 4 is 13.6 Å².